The van der Waals surface area contributed by atoms with Gasteiger partial charge in [0.25, 0.3) is 0 Å². The lowest BCUT2D eigenvalue weighted by atomic mass is 9.87. The zero-order chi connectivity index (χ0) is 24.1. The Balaban J connectivity index is 1.93. The summed E-state index contributed by atoms with van der Waals surface area (Å²) in [6.07, 6.45) is 2.45. The fourth-order valence-corrected chi connectivity index (χ4v) is 4.67. The van der Waals surface area contributed by atoms with Crippen molar-refractivity contribution >= 4 is 22.9 Å². The van der Waals surface area contributed by atoms with Crippen LogP contribution < -0.4 is 0 Å². The van der Waals surface area contributed by atoms with E-state index in [4.69, 9.17) is 5.11 Å². The van der Waals surface area contributed by atoms with Crippen molar-refractivity contribution in [3.05, 3.63) is 70.4 Å². The molecule has 4 rings (SSSR count). The maximum atomic E-state index is 15.4. The Morgan fingerprint density at radius 2 is 1.91 bits per heavy atom. The zero-order valence-corrected chi connectivity index (χ0v) is 18.5. The molecule has 1 aromatic heterocycles. The monoisotopic (exact) mass is 458 g/mol. The molecule has 1 aliphatic heterocycles. The Labute approximate surface area is 189 Å². The number of carbonyl (C=O) groups is 1. The molecule has 0 aliphatic carbocycles. The van der Waals surface area contributed by atoms with Gasteiger partial charge in [0.05, 0.1) is 6.04 Å². The number of carboxylic acids is 1. The molecule has 1 aliphatic rings. The Morgan fingerprint density at radius 3 is 2.52 bits per heavy atom. The van der Waals surface area contributed by atoms with Crippen LogP contribution in [0.2, 0.25) is 0 Å². The van der Waals surface area contributed by atoms with Crippen LogP contribution >= 0.6 is 0 Å². The van der Waals surface area contributed by atoms with Crippen molar-refractivity contribution in [2.75, 3.05) is 6.54 Å². The number of benzene rings is 2. The van der Waals surface area contributed by atoms with Crippen molar-refractivity contribution < 1.29 is 28.2 Å². The molecule has 0 radical (unpaired) electrons. The zero-order valence-electron chi connectivity index (χ0n) is 18.5. The lowest BCUT2D eigenvalue weighted by Crippen LogP contribution is -2.48. The largest absolute Gasteiger partial charge is 0.508 e. The maximum absolute atomic E-state index is 15.4. The predicted octanol–water partition coefficient (Wildman–Crippen LogP) is 5.33. The third-order valence-corrected chi connectivity index (χ3v) is 5.95. The molecule has 2 aromatic carbocycles. The van der Waals surface area contributed by atoms with Gasteiger partial charge < -0.3 is 15.2 Å². The van der Waals surface area contributed by atoms with Crippen LogP contribution in [0.5, 0.6) is 5.75 Å². The summed E-state index contributed by atoms with van der Waals surface area (Å²) in [6, 6.07) is 5.84. The summed E-state index contributed by atoms with van der Waals surface area (Å²) in [7, 11) is 0. The Hall–Kier alpha value is -3.26. The number of hydrogen-bond donors (Lipinski definition) is 3. The van der Waals surface area contributed by atoms with Crippen molar-refractivity contribution in [2.45, 2.75) is 44.9 Å². The van der Waals surface area contributed by atoms with Gasteiger partial charge in [-0.15, -0.1) is 0 Å². The molecule has 0 spiro atoms. The van der Waals surface area contributed by atoms with Crippen LogP contribution in [-0.4, -0.2) is 44.3 Å². The number of rotatable bonds is 5. The van der Waals surface area contributed by atoms with E-state index < -0.39 is 29.3 Å². The molecule has 3 N–H and O–H groups in total. The van der Waals surface area contributed by atoms with Gasteiger partial charge in [-0.25, -0.2) is 18.0 Å². The molecule has 2 heterocycles. The molecule has 0 amide bonds. The molecule has 3 aromatic rings. The van der Waals surface area contributed by atoms with E-state index >= 15 is 8.78 Å². The van der Waals surface area contributed by atoms with E-state index in [1.165, 1.54) is 13.8 Å². The van der Waals surface area contributed by atoms with E-state index in [9.17, 15) is 14.3 Å². The van der Waals surface area contributed by atoms with Crippen molar-refractivity contribution in [3.63, 3.8) is 0 Å². The van der Waals surface area contributed by atoms with E-state index in [1.54, 1.807) is 23.1 Å². The van der Waals surface area contributed by atoms with Crippen LogP contribution in [0.1, 0.15) is 49.2 Å². The Kier molecular flexibility index (Phi) is 5.74. The summed E-state index contributed by atoms with van der Waals surface area (Å²) in [5.41, 5.74) is 0.245. The smallest absolute Gasteiger partial charge is 0.328 e. The molecule has 33 heavy (non-hydrogen) atoms. The first kappa shape index (κ1) is 22.9. The lowest BCUT2D eigenvalue weighted by Gasteiger charge is -2.43. The highest BCUT2D eigenvalue weighted by atomic mass is 19.1. The van der Waals surface area contributed by atoms with Gasteiger partial charge in [-0.3, -0.25) is 4.90 Å². The summed E-state index contributed by atoms with van der Waals surface area (Å²) < 4.78 is 45.5. The number of nitrogens with one attached hydrogen (secondary N) is 1. The highest BCUT2D eigenvalue weighted by Crippen LogP contribution is 2.43. The molecular weight excluding hydrogens is 433 g/mol. The van der Waals surface area contributed by atoms with Gasteiger partial charge >= 0.3 is 5.97 Å². The average Bonchev–Trinajstić information content (AvgIpc) is 3.04. The first-order valence-electron chi connectivity index (χ1n) is 10.6. The number of hydrogen-bond acceptors (Lipinski definition) is 3. The quantitative estimate of drug-likeness (QED) is 0.452. The fraction of sp³-hybridized carbons (Fsp3) is 0.320. The van der Waals surface area contributed by atoms with Gasteiger partial charge in [0.1, 0.15) is 23.1 Å². The number of fused-ring (bicyclic) bond motifs is 3. The van der Waals surface area contributed by atoms with Crippen LogP contribution in [0.15, 0.2) is 36.4 Å². The van der Waals surface area contributed by atoms with E-state index in [1.807, 2.05) is 6.92 Å². The third-order valence-electron chi connectivity index (χ3n) is 5.95. The third kappa shape index (κ3) is 4.48. The first-order chi connectivity index (χ1) is 15.4. The van der Waals surface area contributed by atoms with Crippen molar-refractivity contribution in [1.29, 1.82) is 0 Å². The molecular formula is C25H25F3N2O3. The second-order valence-electron chi connectivity index (χ2n) is 9.16. The minimum Gasteiger partial charge on any atom is -0.508 e. The van der Waals surface area contributed by atoms with E-state index in [2.05, 4.69) is 4.98 Å². The molecule has 8 heteroatoms. The van der Waals surface area contributed by atoms with E-state index in [-0.39, 0.29) is 29.5 Å². The number of aliphatic carboxylic acids is 1. The molecule has 174 valence electrons. The molecule has 2 atom stereocenters. The number of carboxylic acid groups (broad SMARTS) is 1. The van der Waals surface area contributed by atoms with Gasteiger partial charge in [0.15, 0.2) is 0 Å². The van der Waals surface area contributed by atoms with Crippen LogP contribution in [0.25, 0.3) is 17.0 Å². The Bertz CT molecular complexity index is 1240. The van der Waals surface area contributed by atoms with Crippen LogP contribution in [0.4, 0.5) is 13.2 Å². The van der Waals surface area contributed by atoms with Crippen LogP contribution in [0, 0.1) is 11.6 Å². The normalized spacial score (nSPS) is 19.3. The molecule has 5 nitrogen and oxygen atoms in total. The van der Waals surface area contributed by atoms with Gasteiger partial charge in [-0.2, -0.15) is 0 Å². The van der Waals surface area contributed by atoms with E-state index in [0.29, 0.717) is 17.6 Å². The van der Waals surface area contributed by atoms with Crippen LogP contribution in [0.3, 0.4) is 0 Å². The Morgan fingerprint density at radius 1 is 1.24 bits per heavy atom. The second-order valence-corrected chi connectivity index (χ2v) is 9.16. The average molecular weight is 458 g/mol. The summed E-state index contributed by atoms with van der Waals surface area (Å²) >= 11 is 0. The summed E-state index contributed by atoms with van der Waals surface area (Å²) in [5, 5.41) is 19.5. The van der Waals surface area contributed by atoms with Gasteiger partial charge in [-0.05, 0) is 68.7 Å². The van der Waals surface area contributed by atoms with Crippen LogP contribution in [-0.2, 0) is 11.2 Å². The van der Waals surface area contributed by atoms with Gasteiger partial charge in [0, 0.05) is 46.9 Å². The molecule has 0 bridgehead atoms. The molecule has 2 unspecified atom stereocenters. The number of aromatic nitrogens is 1. The number of nitrogens with zero attached hydrogens (tertiary/aromatic N) is 1. The minimum atomic E-state index is -1.62. The van der Waals surface area contributed by atoms with Crippen molar-refractivity contribution in [3.8, 4) is 5.75 Å². The van der Waals surface area contributed by atoms with Crippen molar-refractivity contribution in [2.24, 2.45) is 0 Å². The number of halogens is 3. The number of aromatic hydroxyl groups is 1. The molecule has 0 saturated carbocycles. The topological polar surface area (TPSA) is 76.6 Å². The van der Waals surface area contributed by atoms with Gasteiger partial charge in [-0.1, -0.05) is 0 Å². The SMILES string of the molecule is CC1Cc2c([nH]c3cc(O)ccc23)C(c2c(F)cc(/C=C/C(=O)O)cc2F)N1CC(C)(C)F. The lowest BCUT2D eigenvalue weighted by molar-refractivity contribution is -0.131. The number of aromatic amines is 1. The second kappa shape index (κ2) is 8.26. The standard InChI is InChI=1S/C25H25F3N2O3/c1-13-8-17-16-6-5-15(31)11-20(16)29-23(17)24(30(13)12-25(2,3)28)22-18(26)9-14(10-19(22)27)4-7-21(32)33/h4-7,9-11,13,24,29,31H,8,12H2,1-3H3,(H,32,33)/b7-4+. The number of phenols is 1. The number of phenolic OH excluding ortho intramolecular Hbond substituents is 1. The predicted molar refractivity (Wildman–Crippen MR) is 120 cm³/mol. The first-order valence-corrected chi connectivity index (χ1v) is 10.6. The summed E-state index contributed by atoms with van der Waals surface area (Å²) in [4.78, 5) is 15.7. The highest BCUT2D eigenvalue weighted by molar-refractivity contribution is 5.87. The minimum absolute atomic E-state index is 0.0550. The summed E-state index contributed by atoms with van der Waals surface area (Å²) in [5.74, 6) is -2.88. The summed E-state index contributed by atoms with van der Waals surface area (Å²) in [6.45, 7) is 4.67. The fourth-order valence-electron chi connectivity index (χ4n) is 4.67. The van der Waals surface area contributed by atoms with Crippen molar-refractivity contribution in [1.82, 2.24) is 9.88 Å². The van der Waals surface area contributed by atoms with E-state index in [0.717, 1.165) is 35.2 Å². The van der Waals surface area contributed by atoms with Gasteiger partial charge in [0.2, 0.25) is 0 Å². The number of alkyl halides is 1. The molecule has 0 fully saturated rings. The maximum Gasteiger partial charge on any atom is 0.328 e. The number of H-pyrrole nitrogens is 1. The highest BCUT2D eigenvalue weighted by Gasteiger charge is 2.40. The molecule has 0 saturated heterocycles.